The Hall–Kier alpha value is -2.50. The van der Waals surface area contributed by atoms with Crippen LogP contribution in [0.15, 0.2) is 42.5 Å². The summed E-state index contributed by atoms with van der Waals surface area (Å²) in [7, 11) is 0. The highest BCUT2D eigenvalue weighted by Crippen LogP contribution is 2.31. The molecule has 2 aromatic rings. The van der Waals surface area contributed by atoms with Crippen LogP contribution in [0, 0.1) is 5.92 Å². The van der Waals surface area contributed by atoms with Crippen molar-refractivity contribution in [1.29, 1.82) is 0 Å². The zero-order valence-corrected chi connectivity index (χ0v) is 13.4. The first-order valence-electron chi connectivity index (χ1n) is 7.96. The Balaban J connectivity index is 1.69. The molecule has 0 atom stereocenters. The van der Waals surface area contributed by atoms with Crippen molar-refractivity contribution in [1.82, 2.24) is 0 Å². The average Bonchev–Trinajstić information content (AvgIpc) is 3.42. The molecule has 25 heavy (non-hydrogen) atoms. The van der Waals surface area contributed by atoms with Gasteiger partial charge in [0.2, 0.25) is 0 Å². The maximum Gasteiger partial charge on any atom is 0.416 e. The second-order valence-corrected chi connectivity index (χ2v) is 6.10. The van der Waals surface area contributed by atoms with Gasteiger partial charge in [0, 0.05) is 11.6 Å². The van der Waals surface area contributed by atoms with Crippen LogP contribution in [-0.4, -0.2) is 12.9 Å². The van der Waals surface area contributed by atoms with Gasteiger partial charge in [-0.05, 0) is 48.6 Å². The maximum atomic E-state index is 12.7. The van der Waals surface area contributed by atoms with E-state index in [9.17, 15) is 18.0 Å². The Labute approximate surface area is 143 Å². The number of carbonyl (C=O) groups is 1. The molecule has 1 saturated carbocycles. The summed E-state index contributed by atoms with van der Waals surface area (Å²) >= 11 is 0. The Kier molecular flexibility index (Phi) is 4.97. The van der Waals surface area contributed by atoms with Crippen molar-refractivity contribution in [2.75, 3.05) is 6.61 Å². The van der Waals surface area contributed by atoms with Gasteiger partial charge >= 0.3 is 6.18 Å². The Morgan fingerprint density at radius 3 is 2.40 bits per heavy atom. The standard InChI is InChI=1S/C19H17F3O3/c20-19(21,22)16-3-1-2-14(6-16)12-25-18-8-15(10-23)7-17(9-18)24-11-13-4-5-13/h1-3,6-10,13H,4-5,11-12H2. The molecule has 2 aromatic carbocycles. The van der Waals surface area contributed by atoms with Crippen LogP contribution in [0.3, 0.4) is 0 Å². The number of hydrogen-bond acceptors (Lipinski definition) is 3. The number of benzene rings is 2. The molecule has 0 radical (unpaired) electrons. The number of rotatable bonds is 7. The molecule has 0 unspecified atom stereocenters. The van der Waals surface area contributed by atoms with Crippen LogP contribution in [0.5, 0.6) is 11.5 Å². The van der Waals surface area contributed by atoms with Gasteiger partial charge in [-0.2, -0.15) is 13.2 Å². The Bertz CT molecular complexity index is 752. The first-order chi connectivity index (χ1) is 11.9. The van der Waals surface area contributed by atoms with E-state index in [1.54, 1.807) is 18.2 Å². The van der Waals surface area contributed by atoms with Crippen molar-refractivity contribution in [2.24, 2.45) is 5.92 Å². The fraction of sp³-hybridized carbons (Fsp3) is 0.316. The third-order valence-electron chi connectivity index (χ3n) is 3.88. The largest absolute Gasteiger partial charge is 0.493 e. The highest BCUT2D eigenvalue weighted by molar-refractivity contribution is 5.76. The van der Waals surface area contributed by atoms with Crippen molar-refractivity contribution >= 4 is 6.29 Å². The Morgan fingerprint density at radius 2 is 1.76 bits per heavy atom. The maximum absolute atomic E-state index is 12.7. The van der Waals surface area contributed by atoms with E-state index in [4.69, 9.17) is 9.47 Å². The van der Waals surface area contributed by atoms with Crippen LogP contribution < -0.4 is 9.47 Å². The Morgan fingerprint density at radius 1 is 1.04 bits per heavy atom. The molecule has 1 aliphatic rings. The van der Waals surface area contributed by atoms with Gasteiger partial charge in [-0.3, -0.25) is 4.79 Å². The fourth-order valence-electron chi connectivity index (χ4n) is 2.33. The molecular formula is C19H17F3O3. The fourth-order valence-corrected chi connectivity index (χ4v) is 2.33. The van der Waals surface area contributed by atoms with E-state index >= 15 is 0 Å². The number of alkyl halides is 3. The quantitative estimate of drug-likeness (QED) is 0.667. The van der Waals surface area contributed by atoms with Gasteiger partial charge in [-0.1, -0.05) is 12.1 Å². The smallest absolute Gasteiger partial charge is 0.416 e. The summed E-state index contributed by atoms with van der Waals surface area (Å²) in [6, 6.07) is 9.76. The molecule has 132 valence electrons. The van der Waals surface area contributed by atoms with E-state index < -0.39 is 11.7 Å². The monoisotopic (exact) mass is 350 g/mol. The molecular weight excluding hydrogens is 333 g/mol. The number of hydrogen-bond donors (Lipinski definition) is 0. The molecule has 0 amide bonds. The number of ether oxygens (including phenoxy) is 2. The zero-order valence-electron chi connectivity index (χ0n) is 13.4. The van der Waals surface area contributed by atoms with Gasteiger partial charge < -0.3 is 9.47 Å². The van der Waals surface area contributed by atoms with E-state index in [-0.39, 0.29) is 6.61 Å². The lowest BCUT2D eigenvalue weighted by Gasteiger charge is -2.12. The summed E-state index contributed by atoms with van der Waals surface area (Å²) in [5.74, 6) is 1.47. The predicted octanol–water partition coefficient (Wildman–Crippen LogP) is 4.89. The van der Waals surface area contributed by atoms with E-state index in [1.165, 1.54) is 12.1 Å². The first-order valence-corrected chi connectivity index (χ1v) is 7.96. The lowest BCUT2D eigenvalue weighted by atomic mass is 10.1. The summed E-state index contributed by atoms with van der Waals surface area (Å²) in [6.45, 7) is 0.559. The van der Waals surface area contributed by atoms with Gasteiger partial charge in [-0.15, -0.1) is 0 Å². The van der Waals surface area contributed by atoms with Crippen LogP contribution in [-0.2, 0) is 12.8 Å². The summed E-state index contributed by atoms with van der Waals surface area (Å²) in [4.78, 5) is 11.1. The minimum atomic E-state index is -4.39. The normalized spacial score (nSPS) is 14.2. The molecule has 0 N–H and O–H groups in total. The van der Waals surface area contributed by atoms with Crippen LogP contribution in [0.4, 0.5) is 13.2 Å². The highest BCUT2D eigenvalue weighted by Gasteiger charge is 2.30. The number of carbonyl (C=O) groups excluding carboxylic acids is 1. The predicted molar refractivity (Wildman–Crippen MR) is 85.8 cm³/mol. The summed E-state index contributed by atoms with van der Waals surface area (Å²) in [5, 5.41) is 0. The molecule has 1 fully saturated rings. The van der Waals surface area contributed by atoms with Crippen molar-refractivity contribution in [3.05, 3.63) is 59.2 Å². The first kappa shape index (κ1) is 17.3. The molecule has 6 heteroatoms. The third-order valence-corrected chi connectivity index (χ3v) is 3.88. The molecule has 0 heterocycles. The van der Waals surface area contributed by atoms with Crippen molar-refractivity contribution in [3.8, 4) is 11.5 Å². The van der Waals surface area contributed by atoms with E-state index in [2.05, 4.69) is 0 Å². The molecule has 3 nitrogen and oxygen atoms in total. The third kappa shape index (κ3) is 4.98. The topological polar surface area (TPSA) is 35.5 Å². The average molecular weight is 350 g/mol. The van der Waals surface area contributed by atoms with Gasteiger partial charge in [0.25, 0.3) is 0 Å². The van der Waals surface area contributed by atoms with Crippen LogP contribution >= 0.6 is 0 Å². The number of aldehydes is 1. The SMILES string of the molecule is O=Cc1cc(OCc2cccc(C(F)(F)F)c2)cc(OCC2CC2)c1. The zero-order chi connectivity index (χ0) is 17.9. The number of halogens is 3. The van der Waals surface area contributed by atoms with Gasteiger partial charge in [0.05, 0.1) is 12.2 Å². The van der Waals surface area contributed by atoms with E-state index in [0.29, 0.717) is 41.4 Å². The molecule has 0 spiro atoms. The van der Waals surface area contributed by atoms with Gasteiger partial charge in [-0.25, -0.2) is 0 Å². The minimum Gasteiger partial charge on any atom is -0.493 e. The molecule has 1 aliphatic carbocycles. The van der Waals surface area contributed by atoms with Crippen molar-refractivity contribution < 1.29 is 27.4 Å². The van der Waals surface area contributed by atoms with Crippen LogP contribution in [0.25, 0.3) is 0 Å². The van der Waals surface area contributed by atoms with E-state index in [0.717, 1.165) is 25.0 Å². The summed E-state index contributed by atoms with van der Waals surface area (Å²) in [5.41, 5.74) is 0.0721. The molecule has 0 aromatic heterocycles. The van der Waals surface area contributed by atoms with Crippen molar-refractivity contribution in [2.45, 2.75) is 25.6 Å². The molecule has 0 saturated heterocycles. The van der Waals surface area contributed by atoms with Gasteiger partial charge in [0.15, 0.2) is 0 Å². The highest BCUT2D eigenvalue weighted by atomic mass is 19.4. The second kappa shape index (κ2) is 7.17. The summed E-state index contributed by atoms with van der Waals surface area (Å²) < 4.78 is 49.4. The molecule has 0 bridgehead atoms. The van der Waals surface area contributed by atoms with Crippen molar-refractivity contribution in [3.63, 3.8) is 0 Å². The second-order valence-electron chi connectivity index (χ2n) is 6.10. The van der Waals surface area contributed by atoms with E-state index in [1.807, 2.05) is 0 Å². The summed E-state index contributed by atoms with van der Waals surface area (Å²) in [6.07, 6.45) is -1.42. The molecule has 0 aliphatic heterocycles. The molecule has 3 rings (SSSR count). The van der Waals surface area contributed by atoms with Crippen LogP contribution in [0.1, 0.15) is 34.3 Å². The lowest BCUT2D eigenvalue weighted by Crippen LogP contribution is -2.06. The van der Waals surface area contributed by atoms with Gasteiger partial charge in [0.1, 0.15) is 24.4 Å². The minimum absolute atomic E-state index is 0.0334. The lowest BCUT2D eigenvalue weighted by molar-refractivity contribution is -0.137. The van der Waals surface area contributed by atoms with Crippen LogP contribution in [0.2, 0.25) is 0 Å².